The number of rotatable bonds is 12. The van der Waals surface area contributed by atoms with E-state index in [4.69, 9.17) is 0 Å². The van der Waals surface area contributed by atoms with E-state index in [0.717, 1.165) is 44.9 Å². The Morgan fingerprint density at radius 1 is 1.03 bits per heavy atom. The second kappa shape index (κ2) is 12.7. The Bertz CT molecular complexity index is 1040. The van der Waals surface area contributed by atoms with Crippen LogP contribution in [0, 0.1) is 10.1 Å². The summed E-state index contributed by atoms with van der Waals surface area (Å²) in [7, 11) is 0. The minimum atomic E-state index is -1.16. The van der Waals surface area contributed by atoms with Crippen molar-refractivity contribution in [2.45, 2.75) is 96.9 Å². The molecular weight excluding hydrogens is 458 g/mol. The Hall–Kier alpha value is -3.16. The number of hydrogen-bond acceptors (Lipinski definition) is 5. The number of nitro groups is 1. The summed E-state index contributed by atoms with van der Waals surface area (Å²) in [5.41, 5.74) is 1.58. The summed E-state index contributed by atoms with van der Waals surface area (Å²) in [6.45, 7) is 6.36. The Morgan fingerprint density at radius 3 is 2.28 bits per heavy atom. The molecule has 3 rings (SSSR count). The molecule has 1 amide bonds. The van der Waals surface area contributed by atoms with Crippen LogP contribution in [0.15, 0.2) is 46.8 Å². The van der Waals surface area contributed by atoms with Crippen LogP contribution in [0.3, 0.4) is 0 Å². The highest BCUT2D eigenvalue weighted by atomic mass is 16.6. The minimum absolute atomic E-state index is 0.0254. The lowest BCUT2D eigenvalue weighted by Crippen LogP contribution is -2.41. The second-order valence-corrected chi connectivity index (χ2v) is 9.93. The topological polar surface area (TPSA) is 113 Å². The number of allylic oxidation sites excluding steroid dienone is 2. The lowest BCUT2D eigenvalue weighted by atomic mass is 9.78. The highest BCUT2D eigenvalue weighted by Crippen LogP contribution is 2.45. The van der Waals surface area contributed by atoms with Gasteiger partial charge >= 0.3 is 5.97 Å². The average Bonchev–Trinajstić information content (AvgIpc) is 3.35. The van der Waals surface area contributed by atoms with Crippen molar-refractivity contribution >= 4 is 17.6 Å². The summed E-state index contributed by atoms with van der Waals surface area (Å²) in [5.74, 6) is -2.52. The Morgan fingerprint density at radius 2 is 1.64 bits per heavy atom. The van der Waals surface area contributed by atoms with Gasteiger partial charge in [-0.15, -0.1) is 0 Å². The van der Waals surface area contributed by atoms with Crippen molar-refractivity contribution in [1.82, 2.24) is 10.2 Å². The van der Waals surface area contributed by atoms with Gasteiger partial charge in [0.2, 0.25) is 5.91 Å². The Labute approximate surface area is 213 Å². The molecule has 1 aliphatic carbocycles. The van der Waals surface area contributed by atoms with E-state index in [9.17, 15) is 24.8 Å². The number of carboxylic acid groups (broad SMARTS) is 1. The molecule has 1 unspecified atom stereocenters. The smallest absolute Gasteiger partial charge is 0.334 e. The van der Waals surface area contributed by atoms with Crippen LogP contribution in [0.4, 0.5) is 5.69 Å². The number of benzene rings is 1. The van der Waals surface area contributed by atoms with E-state index in [-0.39, 0.29) is 28.8 Å². The number of para-hydroxylation sites is 1. The molecule has 8 heteroatoms. The van der Waals surface area contributed by atoms with Crippen molar-refractivity contribution < 1.29 is 19.6 Å². The van der Waals surface area contributed by atoms with E-state index in [2.05, 4.69) is 12.2 Å². The maximum absolute atomic E-state index is 13.7. The highest BCUT2D eigenvalue weighted by Gasteiger charge is 2.42. The number of unbranched alkanes of at least 4 members (excludes halogenated alkanes) is 5. The molecule has 0 bridgehead atoms. The molecule has 0 saturated heterocycles. The SMILES string of the molecule is CCCCCCCCN1C(C)=C(C(=O)O)C(c2ccccc2[N+](=O)[O-])C(C(=O)NC2CCCC2)=C1C. The summed E-state index contributed by atoms with van der Waals surface area (Å²) in [6.07, 6.45) is 10.4. The fraction of sp³-hybridized carbons (Fsp3) is 0.571. The molecule has 2 aliphatic rings. The number of carboxylic acids is 1. The number of nitro benzene ring substituents is 1. The van der Waals surface area contributed by atoms with Crippen LogP contribution in [-0.4, -0.2) is 39.4 Å². The van der Waals surface area contributed by atoms with Gasteiger partial charge in [0, 0.05) is 41.2 Å². The van der Waals surface area contributed by atoms with Crippen molar-refractivity contribution in [3.63, 3.8) is 0 Å². The number of nitrogens with one attached hydrogen (secondary N) is 1. The number of hydrogen-bond donors (Lipinski definition) is 2. The average molecular weight is 498 g/mol. The predicted octanol–water partition coefficient (Wildman–Crippen LogP) is 6.05. The first-order valence-electron chi connectivity index (χ1n) is 13.2. The first-order chi connectivity index (χ1) is 17.3. The number of nitrogens with zero attached hydrogens (tertiary/aromatic N) is 2. The molecule has 1 atom stereocenters. The van der Waals surface area contributed by atoms with E-state index < -0.39 is 16.8 Å². The first kappa shape index (κ1) is 27.4. The van der Waals surface area contributed by atoms with Crippen LogP contribution < -0.4 is 5.32 Å². The number of carbonyl (C=O) groups is 2. The van der Waals surface area contributed by atoms with Crippen molar-refractivity contribution in [1.29, 1.82) is 0 Å². The van der Waals surface area contributed by atoms with Gasteiger partial charge in [-0.1, -0.05) is 70.1 Å². The quantitative estimate of drug-likeness (QED) is 0.207. The molecule has 8 nitrogen and oxygen atoms in total. The van der Waals surface area contributed by atoms with Gasteiger partial charge in [-0.25, -0.2) is 4.79 Å². The fourth-order valence-electron chi connectivity index (χ4n) is 5.61. The van der Waals surface area contributed by atoms with Crippen LogP contribution in [0.5, 0.6) is 0 Å². The van der Waals surface area contributed by atoms with Gasteiger partial charge in [0.1, 0.15) is 0 Å². The molecule has 1 aromatic rings. The van der Waals surface area contributed by atoms with E-state index in [1.54, 1.807) is 25.1 Å². The molecule has 1 heterocycles. The van der Waals surface area contributed by atoms with E-state index >= 15 is 0 Å². The van der Waals surface area contributed by atoms with Crippen LogP contribution in [0.2, 0.25) is 0 Å². The van der Waals surface area contributed by atoms with Gasteiger partial charge in [0.25, 0.3) is 5.69 Å². The maximum atomic E-state index is 13.7. The number of amides is 1. The molecule has 0 spiro atoms. The van der Waals surface area contributed by atoms with Crippen LogP contribution >= 0.6 is 0 Å². The third-order valence-corrected chi connectivity index (χ3v) is 7.51. The van der Waals surface area contributed by atoms with Crippen LogP contribution in [-0.2, 0) is 9.59 Å². The fourth-order valence-corrected chi connectivity index (χ4v) is 5.61. The first-order valence-corrected chi connectivity index (χ1v) is 13.2. The second-order valence-electron chi connectivity index (χ2n) is 9.93. The number of aliphatic carboxylic acids is 1. The molecule has 0 radical (unpaired) electrons. The van der Waals surface area contributed by atoms with Crippen LogP contribution in [0.1, 0.15) is 96.5 Å². The maximum Gasteiger partial charge on any atom is 0.334 e. The molecule has 0 aromatic heterocycles. The zero-order valence-electron chi connectivity index (χ0n) is 21.7. The lowest BCUT2D eigenvalue weighted by molar-refractivity contribution is -0.385. The molecule has 1 fully saturated rings. The molecule has 1 aromatic carbocycles. The van der Waals surface area contributed by atoms with Gasteiger partial charge in [-0.3, -0.25) is 14.9 Å². The molecule has 36 heavy (non-hydrogen) atoms. The van der Waals surface area contributed by atoms with Gasteiger partial charge in [0.05, 0.1) is 16.4 Å². The molecule has 2 N–H and O–H groups in total. The van der Waals surface area contributed by atoms with Crippen molar-refractivity contribution in [2.24, 2.45) is 0 Å². The third kappa shape index (κ3) is 6.15. The lowest BCUT2D eigenvalue weighted by Gasteiger charge is -2.38. The Kier molecular flexibility index (Phi) is 9.67. The minimum Gasteiger partial charge on any atom is -0.478 e. The van der Waals surface area contributed by atoms with E-state index in [0.29, 0.717) is 23.5 Å². The highest BCUT2D eigenvalue weighted by molar-refractivity contribution is 6.02. The molecular formula is C28H39N3O5. The Balaban J connectivity index is 2.05. The molecule has 1 aliphatic heterocycles. The summed E-state index contributed by atoms with van der Waals surface area (Å²) in [4.78, 5) is 39.7. The number of carbonyl (C=O) groups excluding carboxylic acids is 1. The normalized spacial score (nSPS) is 18.6. The van der Waals surface area contributed by atoms with Gasteiger partial charge in [0.15, 0.2) is 0 Å². The third-order valence-electron chi connectivity index (χ3n) is 7.51. The van der Waals surface area contributed by atoms with E-state index in [1.165, 1.54) is 25.3 Å². The zero-order valence-corrected chi connectivity index (χ0v) is 21.7. The molecule has 196 valence electrons. The van der Waals surface area contributed by atoms with E-state index in [1.807, 2.05) is 11.8 Å². The largest absolute Gasteiger partial charge is 0.478 e. The van der Waals surface area contributed by atoms with Gasteiger partial charge in [-0.05, 0) is 33.1 Å². The summed E-state index contributed by atoms with van der Waals surface area (Å²) < 4.78 is 0. The monoisotopic (exact) mass is 497 g/mol. The standard InChI is InChI=1S/C28H39N3O5/c1-4-5-6-7-8-13-18-30-19(2)24(27(32)29-21-14-9-10-15-21)26(25(20(30)3)28(33)34)22-16-11-12-17-23(22)31(35)36/h11-12,16-17,21,26H,4-10,13-15,18H2,1-3H3,(H,29,32)(H,33,34). The summed E-state index contributed by atoms with van der Waals surface area (Å²) in [5, 5.41) is 25.3. The van der Waals surface area contributed by atoms with Crippen LogP contribution in [0.25, 0.3) is 0 Å². The van der Waals surface area contributed by atoms with Crippen molar-refractivity contribution in [2.75, 3.05) is 6.54 Å². The summed E-state index contributed by atoms with van der Waals surface area (Å²) in [6, 6.07) is 6.19. The van der Waals surface area contributed by atoms with Gasteiger partial charge in [-0.2, -0.15) is 0 Å². The van der Waals surface area contributed by atoms with Gasteiger partial charge < -0.3 is 15.3 Å². The predicted molar refractivity (Wildman–Crippen MR) is 139 cm³/mol. The van der Waals surface area contributed by atoms with Crippen molar-refractivity contribution in [3.05, 3.63) is 62.5 Å². The molecule has 1 saturated carbocycles. The zero-order chi connectivity index (χ0) is 26.2. The summed E-state index contributed by atoms with van der Waals surface area (Å²) >= 11 is 0. The van der Waals surface area contributed by atoms with Crippen molar-refractivity contribution in [3.8, 4) is 0 Å².